The zero-order valence-corrected chi connectivity index (χ0v) is 16.5. The first-order valence-corrected chi connectivity index (χ1v) is 9.34. The van der Waals surface area contributed by atoms with Gasteiger partial charge < -0.3 is 14.6 Å². The number of ether oxygens (including phenoxy) is 1. The van der Waals surface area contributed by atoms with Gasteiger partial charge in [-0.2, -0.15) is 0 Å². The Labute approximate surface area is 166 Å². The number of aryl methyl sites for hydroxylation is 3. The summed E-state index contributed by atoms with van der Waals surface area (Å²) >= 11 is 1.37. The molecule has 0 aliphatic rings. The highest BCUT2D eigenvalue weighted by Gasteiger charge is 2.17. The molecule has 0 saturated carbocycles. The standard InChI is InChI=1S/C20H19N3O4S/c1-12-6-7-15(9-13(12)2)28-19-16(5-4-8-21-19)20(25)26-11-18(24)22-17-10-14(3)27-23-17/h4-10H,11H2,1-3H3,(H,22,23,24). The van der Waals surface area contributed by atoms with Gasteiger partial charge in [-0.15, -0.1) is 0 Å². The summed E-state index contributed by atoms with van der Waals surface area (Å²) in [6.45, 7) is 5.34. The number of hydrogen-bond acceptors (Lipinski definition) is 7. The number of aromatic nitrogens is 2. The second kappa shape index (κ2) is 8.71. The van der Waals surface area contributed by atoms with Crippen LogP contribution >= 0.6 is 11.8 Å². The SMILES string of the molecule is Cc1cc(NC(=O)COC(=O)c2cccnc2Sc2ccc(C)c(C)c2)no1. The molecule has 1 amide bonds. The molecule has 7 nitrogen and oxygen atoms in total. The van der Waals surface area contributed by atoms with Gasteiger partial charge in [-0.05, 0) is 56.2 Å². The van der Waals surface area contributed by atoms with Crippen LogP contribution in [0.15, 0.2) is 57.0 Å². The number of amides is 1. The van der Waals surface area contributed by atoms with E-state index in [2.05, 4.69) is 15.5 Å². The Bertz CT molecular complexity index is 1020. The van der Waals surface area contributed by atoms with Crippen LogP contribution in [0.3, 0.4) is 0 Å². The number of anilines is 1. The predicted molar refractivity (Wildman–Crippen MR) is 104 cm³/mol. The van der Waals surface area contributed by atoms with Gasteiger partial charge in [-0.3, -0.25) is 4.79 Å². The van der Waals surface area contributed by atoms with Gasteiger partial charge in [0.05, 0.1) is 5.56 Å². The van der Waals surface area contributed by atoms with Crippen molar-refractivity contribution >= 4 is 29.5 Å². The van der Waals surface area contributed by atoms with Crippen molar-refractivity contribution in [1.29, 1.82) is 0 Å². The average Bonchev–Trinajstić information content (AvgIpc) is 3.08. The van der Waals surface area contributed by atoms with Crippen molar-refractivity contribution in [2.24, 2.45) is 0 Å². The third-order valence-corrected chi connectivity index (χ3v) is 4.92. The average molecular weight is 397 g/mol. The molecule has 2 aromatic heterocycles. The van der Waals surface area contributed by atoms with Crippen LogP contribution in [0.5, 0.6) is 0 Å². The number of rotatable bonds is 6. The lowest BCUT2D eigenvalue weighted by molar-refractivity contribution is -0.119. The van der Waals surface area contributed by atoms with Crippen LogP contribution < -0.4 is 5.32 Å². The maximum Gasteiger partial charge on any atom is 0.341 e. The number of nitrogens with one attached hydrogen (secondary N) is 1. The molecule has 0 bridgehead atoms. The Kier molecular flexibility index (Phi) is 6.10. The van der Waals surface area contributed by atoms with Crippen LogP contribution in [-0.2, 0) is 9.53 Å². The van der Waals surface area contributed by atoms with E-state index in [0.29, 0.717) is 16.3 Å². The molecule has 0 radical (unpaired) electrons. The number of benzene rings is 1. The van der Waals surface area contributed by atoms with Crippen molar-refractivity contribution in [2.45, 2.75) is 30.7 Å². The fourth-order valence-electron chi connectivity index (χ4n) is 2.33. The molecule has 144 valence electrons. The van der Waals surface area contributed by atoms with E-state index < -0.39 is 18.5 Å². The first-order valence-electron chi connectivity index (χ1n) is 8.53. The summed E-state index contributed by atoms with van der Waals surface area (Å²) in [4.78, 5) is 29.6. The van der Waals surface area contributed by atoms with Gasteiger partial charge in [0, 0.05) is 17.2 Å². The van der Waals surface area contributed by atoms with Gasteiger partial charge in [-0.25, -0.2) is 9.78 Å². The largest absolute Gasteiger partial charge is 0.452 e. The van der Waals surface area contributed by atoms with Gasteiger partial charge in [0.25, 0.3) is 5.91 Å². The minimum atomic E-state index is -0.620. The first kappa shape index (κ1) is 19.6. The summed E-state index contributed by atoms with van der Waals surface area (Å²) in [6, 6.07) is 10.9. The Balaban J connectivity index is 1.65. The first-order chi connectivity index (χ1) is 13.4. The highest BCUT2D eigenvalue weighted by Crippen LogP contribution is 2.30. The normalized spacial score (nSPS) is 10.5. The molecule has 0 spiro atoms. The van der Waals surface area contributed by atoms with E-state index in [4.69, 9.17) is 9.26 Å². The number of pyridine rings is 1. The molecule has 0 unspecified atom stereocenters. The molecule has 3 rings (SSSR count). The fourth-order valence-corrected chi connectivity index (χ4v) is 3.30. The highest BCUT2D eigenvalue weighted by molar-refractivity contribution is 7.99. The molecular formula is C20H19N3O4S. The lowest BCUT2D eigenvalue weighted by atomic mass is 10.1. The van der Waals surface area contributed by atoms with E-state index in [1.54, 1.807) is 31.3 Å². The number of nitrogens with zero attached hydrogens (tertiary/aromatic N) is 2. The smallest absolute Gasteiger partial charge is 0.341 e. The summed E-state index contributed by atoms with van der Waals surface area (Å²) in [5.74, 6) is -0.290. The third-order valence-electron chi connectivity index (χ3n) is 3.91. The molecule has 0 aliphatic heterocycles. The lowest BCUT2D eigenvalue weighted by Crippen LogP contribution is -2.21. The maximum absolute atomic E-state index is 12.4. The van der Waals surface area contributed by atoms with Crippen molar-refractivity contribution in [3.8, 4) is 0 Å². The molecule has 0 fully saturated rings. The van der Waals surface area contributed by atoms with Crippen molar-refractivity contribution in [3.05, 3.63) is 65.0 Å². The van der Waals surface area contributed by atoms with Crippen LogP contribution in [0.2, 0.25) is 0 Å². The summed E-state index contributed by atoms with van der Waals surface area (Å²) in [5, 5.41) is 6.67. The predicted octanol–water partition coefficient (Wildman–Crippen LogP) is 3.94. The molecule has 2 heterocycles. The number of esters is 1. The van der Waals surface area contributed by atoms with Crippen LogP contribution in [0, 0.1) is 20.8 Å². The minimum Gasteiger partial charge on any atom is -0.452 e. The summed E-state index contributed by atoms with van der Waals surface area (Å²) in [5.41, 5.74) is 2.65. The third kappa shape index (κ3) is 4.98. The molecule has 1 aromatic carbocycles. The quantitative estimate of drug-likeness (QED) is 0.630. The van der Waals surface area contributed by atoms with E-state index in [1.165, 1.54) is 17.3 Å². The van der Waals surface area contributed by atoms with Gasteiger partial charge in [0.1, 0.15) is 10.8 Å². The van der Waals surface area contributed by atoms with Crippen molar-refractivity contribution in [2.75, 3.05) is 11.9 Å². The van der Waals surface area contributed by atoms with E-state index in [0.717, 1.165) is 10.5 Å². The monoisotopic (exact) mass is 397 g/mol. The van der Waals surface area contributed by atoms with Crippen molar-refractivity contribution < 1.29 is 18.8 Å². The van der Waals surface area contributed by atoms with Gasteiger partial charge in [-0.1, -0.05) is 23.0 Å². The number of hydrogen-bond donors (Lipinski definition) is 1. The molecule has 28 heavy (non-hydrogen) atoms. The van der Waals surface area contributed by atoms with Gasteiger partial charge in [0.15, 0.2) is 12.4 Å². The van der Waals surface area contributed by atoms with Gasteiger partial charge in [0.2, 0.25) is 0 Å². The lowest BCUT2D eigenvalue weighted by Gasteiger charge is -2.09. The zero-order chi connectivity index (χ0) is 20.1. The van der Waals surface area contributed by atoms with Crippen molar-refractivity contribution in [3.63, 3.8) is 0 Å². The number of carbonyl (C=O) groups excluding carboxylic acids is 2. The van der Waals surface area contributed by atoms with E-state index in [1.807, 2.05) is 32.0 Å². The molecule has 0 aliphatic carbocycles. The van der Waals surface area contributed by atoms with E-state index in [9.17, 15) is 9.59 Å². The second-order valence-corrected chi connectivity index (χ2v) is 7.21. The summed E-state index contributed by atoms with van der Waals surface area (Å²) in [7, 11) is 0. The Morgan fingerprint density at radius 2 is 1.96 bits per heavy atom. The zero-order valence-electron chi connectivity index (χ0n) is 15.7. The minimum absolute atomic E-state index is 0.269. The molecule has 1 N–H and O–H groups in total. The molecule has 3 aromatic rings. The molecule has 0 atom stereocenters. The van der Waals surface area contributed by atoms with E-state index in [-0.39, 0.29) is 5.82 Å². The molecule has 0 saturated heterocycles. The maximum atomic E-state index is 12.4. The van der Waals surface area contributed by atoms with Crippen LogP contribution in [-0.4, -0.2) is 28.6 Å². The summed E-state index contributed by atoms with van der Waals surface area (Å²) in [6.07, 6.45) is 1.61. The molecular weight excluding hydrogens is 378 g/mol. The van der Waals surface area contributed by atoms with Gasteiger partial charge >= 0.3 is 5.97 Å². The topological polar surface area (TPSA) is 94.3 Å². The molecule has 8 heteroatoms. The Morgan fingerprint density at radius 1 is 1.14 bits per heavy atom. The summed E-state index contributed by atoms with van der Waals surface area (Å²) < 4.78 is 9.99. The Hall–Kier alpha value is -3.13. The second-order valence-electron chi connectivity index (χ2n) is 6.15. The van der Waals surface area contributed by atoms with Crippen LogP contribution in [0.4, 0.5) is 5.82 Å². The number of carbonyl (C=O) groups is 2. The van der Waals surface area contributed by atoms with Crippen LogP contribution in [0.1, 0.15) is 27.2 Å². The van der Waals surface area contributed by atoms with E-state index >= 15 is 0 Å². The van der Waals surface area contributed by atoms with Crippen LogP contribution in [0.25, 0.3) is 0 Å². The Morgan fingerprint density at radius 3 is 2.68 bits per heavy atom. The fraction of sp³-hybridized carbons (Fsp3) is 0.200. The highest BCUT2D eigenvalue weighted by atomic mass is 32.2. The van der Waals surface area contributed by atoms with Crippen molar-refractivity contribution in [1.82, 2.24) is 10.1 Å².